The Labute approximate surface area is 291 Å². The van der Waals surface area contributed by atoms with Crippen LogP contribution in [0, 0.1) is 22.2 Å². The average Bonchev–Trinajstić information content (AvgIpc) is 3.79. The van der Waals surface area contributed by atoms with Gasteiger partial charge in [-0.3, -0.25) is 14.4 Å². The number of ether oxygens (including phenoxy) is 8. The van der Waals surface area contributed by atoms with E-state index in [1.165, 1.54) is 32.4 Å². The molecule has 7 aliphatic rings. The third-order valence-corrected chi connectivity index (χ3v) is 13.4. The molecule has 276 valence electrons. The monoisotopic (exact) mass is 716 g/mol. The lowest BCUT2D eigenvalue weighted by Crippen LogP contribution is -2.93. The van der Waals surface area contributed by atoms with Crippen LogP contribution in [0.2, 0.25) is 0 Å². The summed E-state index contributed by atoms with van der Waals surface area (Å²) >= 11 is 0. The van der Waals surface area contributed by atoms with Gasteiger partial charge in [0.2, 0.25) is 6.10 Å². The largest absolute Gasteiger partial charge is 0.472 e. The van der Waals surface area contributed by atoms with Crippen molar-refractivity contribution in [3.63, 3.8) is 0 Å². The lowest BCUT2D eigenvalue weighted by Gasteiger charge is -2.76. The summed E-state index contributed by atoms with van der Waals surface area (Å²) in [6, 6.07) is 1.59. The molecule has 0 amide bonds. The Morgan fingerprint density at radius 1 is 0.980 bits per heavy atom. The predicted octanol–water partition coefficient (Wildman–Crippen LogP) is 1.30. The van der Waals surface area contributed by atoms with E-state index in [1.54, 1.807) is 26.8 Å². The summed E-state index contributed by atoms with van der Waals surface area (Å²) < 4.78 is 54.5. The van der Waals surface area contributed by atoms with Gasteiger partial charge in [0.25, 0.3) is 5.97 Å². The van der Waals surface area contributed by atoms with Gasteiger partial charge in [-0.25, -0.2) is 9.59 Å². The quantitative estimate of drug-likeness (QED) is 0.314. The minimum Gasteiger partial charge on any atom is -0.472 e. The molecule has 51 heavy (non-hydrogen) atoms. The summed E-state index contributed by atoms with van der Waals surface area (Å²) in [5.74, 6) is -7.48. The average molecular weight is 717 g/mol. The molecule has 2 saturated heterocycles. The fourth-order valence-corrected chi connectivity index (χ4v) is 12.1. The van der Waals surface area contributed by atoms with Crippen molar-refractivity contribution in [3.05, 3.63) is 35.8 Å². The number of furan rings is 1. The van der Waals surface area contributed by atoms with Crippen LogP contribution in [0.5, 0.6) is 0 Å². The number of carbonyl (C=O) groups excluding carboxylic acids is 5. The molecule has 16 heteroatoms. The third-order valence-electron chi connectivity index (χ3n) is 13.4. The second-order valence-electron chi connectivity index (χ2n) is 15.7. The molecule has 0 aromatic carbocycles. The molecular weight excluding hydrogens is 676 g/mol. The molecule has 2 N–H and O–H groups in total. The van der Waals surface area contributed by atoms with Gasteiger partial charge in [-0.2, -0.15) is 0 Å². The van der Waals surface area contributed by atoms with Crippen LogP contribution >= 0.6 is 0 Å². The van der Waals surface area contributed by atoms with Gasteiger partial charge in [0.1, 0.15) is 35.6 Å². The minimum atomic E-state index is -2.51. The van der Waals surface area contributed by atoms with Gasteiger partial charge in [-0.15, -0.1) is 0 Å². The van der Waals surface area contributed by atoms with Crippen LogP contribution in [-0.2, 0) is 61.9 Å². The van der Waals surface area contributed by atoms with Crippen LogP contribution in [-0.4, -0.2) is 100.0 Å². The number of aliphatic hydroxyl groups is 2. The molecule has 3 aliphatic heterocycles. The normalized spacial score (nSPS) is 50.0. The predicted molar refractivity (Wildman–Crippen MR) is 162 cm³/mol. The molecule has 1 unspecified atom stereocenters. The summed E-state index contributed by atoms with van der Waals surface area (Å²) in [5.41, 5.74) is -13.2. The fraction of sp³-hybridized carbons (Fsp3) is 0.686. The van der Waals surface area contributed by atoms with Crippen molar-refractivity contribution in [2.45, 2.75) is 120 Å². The Bertz CT molecular complexity index is 1820. The molecule has 4 aliphatic carbocycles. The van der Waals surface area contributed by atoms with Crippen molar-refractivity contribution < 1.29 is 76.5 Å². The molecule has 14 atom stereocenters. The van der Waals surface area contributed by atoms with Gasteiger partial charge in [0.15, 0.2) is 11.2 Å². The van der Waals surface area contributed by atoms with Crippen LogP contribution in [0.3, 0.4) is 0 Å². The van der Waals surface area contributed by atoms with Gasteiger partial charge < -0.3 is 52.5 Å². The summed E-state index contributed by atoms with van der Waals surface area (Å²) in [4.78, 5) is 66.0. The maximum atomic E-state index is 13.8. The van der Waals surface area contributed by atoms with Crippen molar-refractivity contribution in [3.8, 4) is 0 Å². The highest BCUT2D eigenvalue weighted by molar-refractivity contribution is 5.86. The number of hydrogen-bond donors (Lipinski definition) is 2. The SMILES string of the molecule is COC(=O)[C@H](OC(C)=O)[C@H]1[C@]2(C)C[C@]3(O)[C@](O)([C@H]2OC(C)=O)[C@@H]2OC4(C)O[C@@]5(C[C@H](OC(C)=O)[C@]6(C)C(=CC(=O)O[C@H]6c6ccoc6)[C@@]25O4)[C@]13C. The van der Waals surface area contributed by atoms with E-state index in [4.69, 9.17) is 42.3 Å². The number of carbonyl (C=O) groups is 5. The van der Waals surface area contributed by atoms with Crippen LogP contribution in [0.4, 0.5) is 0 Å². The van der Waals surface area contributed by atoms with E-state index in [0.717, 1.165) is 21.0 Å². The Morgan fingerprint density at radius 2 is 1.67 bits per heavy atom. The van der Waals surface area contributed by atoms with Gasteiger partial charge in [-0.05, 0) is 25.0 Å². The van der Waals surface area contributed by atoms with Crippen molar-refractivity contribution in [2.24, 2.45) is 22.2 Å². The second-order valence-corrected chi connectivity index (χ2v) is 15.7. The summed E-state index contributed by atoms with van der Waals surface area (Å²) in [5, 5.41) is 26.7. The first-order chi connectivity index (χ1) is 23.7. The van der Waals surface area contributed by atoms with Gasteiger partial charge >= 0.3 is 29.8 Å². The molecule has 1 aromatic rings. The molecule has 1 aromatic heterocycles. The zero-order valence-corrected chi connectivity index (χ0v) is 29.3. The first kappa shape index (κ1) is 34.3. The van der Waals surface area contributed by atoms with Gasteiger partial charge in [0.05, 0.1) is 25.1 Å². The van der Waals surface area contributed by atoms with E-state index in [-0.39, 0.29) is 18.4 Å². The van der Waals surface area contributed by atoms with E-state index in [2.05, 4.69) is 0 Å². The van der Waals surface area contributed by atoms with E-state index in [1.807, 2.05) is 0 Å². The fourth-order valence-electron chi connectivity index (χ4n) is 12.1. The molecule has 8 rings (SSSR count). The van der Waals surface area contributed by atoms with E-state index < -0.39 is 111 Å². The highest BCUT2D eigenvalue weighted by atomic mass is 16.9. The topological polar surface area (TPSA) is 213 Å². The lowest BCUT2D eigenvalue weighted by atomic mass is 9.34. The first-order valence-corrected chi connectivity index (χ1v) is 16.7. The van der Waals surface area contributed by atoms with Crippen LogP contribution in [0.15, 0.2) is 34.7 Å². The molecule has 0 radical (unpaired) electrons. The molecule has 1 spiro atoms. The molecule has 4 saturated carbocycles. The van der Waals surface area contributed by atoms with Crippen LogP contribution in [0.1, 0.15) is 73.0 Å². The summed E-state index contributed by atoms with van der Waals surface area (Å²) in [6.45, 7) is 9.79. The number of hydrogen-bond acceptors (Lipinski definition) is 16. The standard InChI is InChI=1S/C35H40O16/c1-15(36)45-20-12-33-30(6)23(22(25(40)43-8)46-16(2)37)28(4)14-32(30,41)34(42,26(28)47-17(3)38)27-35(33,51-31(7,49-27)50-33)19-11-21(39)48-24(29(19,20)5)18-9-10-44-13-18/h9-11,13,20,22-24,26-27,41-42H,12,14H2,1-8H3/t20-,22+,23-,24-,26-,27-,28-,29-,30+,31?,32+,33-,34-,35+/m0/s1. The zero-order valence-electron chi connectivity index (χ0n) is 29.3. The Kier molecular flexibility index (Phi) is 6.57. The van der Waals surface area contributed by atoms with Crippen molar-refractivity contribution in [1.29, 1.82) is 0 Å². The molecule has 4 heterocycles. The number of cyclic esters (lactones) is 1. The minimum absolute atomic E-state index is 0.140. The third kappa shape index (κ3) is 3.47. The highest BCUT2D eigenvalue weighted by Crippen LogP contribution is 2.88. The van der Waals surface area contributed by atoms with Gasteiger partial charge in [0, 0.05) is 62.5 Å². The van der Waals surface area contributed by atoms with Crippen molar-refractivity contribution in [2.75, 3.05) is 7.11 Å². The number of rotatable bonds is 6. The molecule has 6 fully saturated rings. The summed E-state index contributed by atoms with van der Waals surface area (Å²) in [7, 11) is 1.10. The maximum Gasteiger partial charge on any atom is 0.347 e. The lowest BCUT2D eigenvalue weighted by molar-refractivity contribution is -0.449. The van der Waals surface area contributed by atoms with E-state index >= 15 is 0 Å². The first-order valence-electron chi connectivity index (χ1n) is 16.7. The Hall–Kier alpha value is -3.83. The van der Waals surface area contributed by atoms with Crippen LogP contribution < -0.4 is 0 Å². The molecule has 16 nitrogen and oxygen atoms in total. The summed E-state index contributed by atoms with van der Waals surface area (Å²) in [6.07, 6.45) is -3.89. The van der Waals surface area contributed by atoms with Crippen molar-refractivity contribution in [1.82, 2.24) is 0 Å². The number of fused-ring (bicyclic) bond motifs is 4. The highest BCUT2D eigenvalue weighted by Gasteiger charge is 3.03. The Morgan fingerprint density at radius 3 is 2.25 bits per heavy atom. The molecular formula is C35H40O16. The van der Waals surface area contributed by atoms with Crippen LogP contribution in [0.25, 0.3) is 0 Å². The van der Waals surface area contributed by atoms with Gasteiger partial charge in [-0.1, -0.05) is 13.8 Å². The van der Waals surface area contributed by atoms with E-state index in [9.17, 15) is 34.2 Å². The smallest absolute Gasteiger partial charge is 0.347 e. The second kappa shape index (κ2) is 9.77. The Balaban J connectivity index is 1.49. The maximum absolute atomic E-state index is 13.8. The molecule has 4 bridgehead atoms. The van der Waals surface area contributed by atoms with Crippen molar-refractivity contribution >= 4 is 29.8 Å². The zero-order chi connectivity index (χ0) is 37.1. The number of esters is 5. The van der Waals surface area contributed by atoms with E-state index in [0.29, 0.717) is 5.56 Å². The number of methoxy groups -OCH3 is 1.